The van der Waals surface area contributed by atoms with E-state index < -0.39 is 12.0 Å². The number of aromatic nitrogens is 2. The summed E-state index contributed by atoms with van der Waals surface area (Å²) in [4.78, 5) is 24.9. The van der Waals surface area contributed by atoms with Gasteiger partial charge in [-0.15, -0.1) is 0 Å². The molecular weight excluding hydrogens is 246 g/mol. The second kappa shape index (κ2) is 5.42. The number of H-pyrrole nitrogens is 1. The number of nitrogens with one attached hydrogen (secondary N) is 1. The van der Waals surface area contributed by atoms with Gasteiger partial charge in [0.25, 0.3) is 5.91 Å². The van der Waals surface area contributed by atoms with Crippen LogP contribution in [0.4, 0.5) is 0 Å². The molecule has 0 aliphatic carbocycles. The molecule has 2 heterocycles. The Kier molecular flexibility index (Phi) is 3.87. The van der Waals surface area contributed by atoms with Gasteiger partial charge >= 0.3 is 5.97 Å². The second-order valence-corrected chi connectivity index (χ2v) is 5.21. The SMILES string of the molecule is CC(C)c1cc(C(=O)N2CCCC[C@@H]2C(=O)O)n[nH]1. The van der Waals surface area contributed by atoms with Gasteiger partial charge in [0.2, 0.25) is 0 Å². The molecule has 0 bridgehead atoms. The Hall–Kier alpha value is -1.85. The van der Waals surface area contributed by atoms with Crippen molar-refractivity contribution in [1.29, 1.82) is 0 Å². The van der Waals surface area contributed by atoms with Gasteiger partial charge in [-0.2, -0.15) is 5.10 Å². The predicted molar refractivity (Wildman–Crippen MR) is 69.0 cm³/mol. The number of hydrogen-bond donors (Lipinski definition) is 2. The molecule has 0 aromatic carbocycles. The highest BCUT2D eigenvalue weighted by atomic mass is 16.4. The van der Waals surface area contributed by atoms with E-state index >= 15 is 0 Å². The van der Waals surface area contributed by atoms with Gasteiger partial charge in [0, 0.05) is 12.2 Å². The van der Waals surface area contributed by atoms with Crippen LogP contribution in [-0.2, 0) is 4.79 Å². The van der Waals surface area contributed by atoms with Crippen molar-refractivity contribution in [3.05, 3.63) is 17.5 Å². The van der Waals surface area contributed by atoms with E-state index in [1.54, 1.807) is 6.07 Å². The average Bonchev–Trinajstić information content (AvgIpc) is 2.87. The minimum atomic E-state index is -0.937. The molecule has 1 aromatic rings. The Bertz CT molecular complexity index is 481. The first kappa shape index (κ1) is 13.6. The summed E-state index contributed by atoms with van der Waals surface area (Å²) in [5.41, 5.74) is 1.18. The Morgan fingerprint density at radius 1 is 1.47 bits per heavy atom. The quantitative estimate of drug-likeness (QED) is 0.869. The number of amides is 1. The smallest absolute Gasteiger partial charge is 0.326 e. The largest absolute Gasteiger partial charge is 0.480 e. The number of nitrogens with zero attached hydrogens (tertiary/aromatic N) is 2. The van der Waals surface area contributed by atoms with E-state index in [9.17, 15) is 14.7 Å². The van der Waals surface area contributed by atoms with Crippen molar-refractivity contribution in [2.45, 2.75) is 45.1 Å². The maximum absolute atomic E-state index is 12.3. The zero-order valence-corrected chi connectivity index (χ0v) is 11.2. The van der Waals surface area contributed by atoms with Gasteiger partial charge in [0.15, 0.2) is 0 Å². The lowest BCUT2D eigenvalue weighted by Gasteiger charge is -2.32. The highest BCUT2D eigenvalue weighted by molar-refractivity contribution is 5.95. The molecule has 0 unspecified atom stereocenters. The summed E-state index contributed by atoms with van der Waals surface area (Å²) < 4.78 is 0. The second-order valence-electron chi connectivity index (χ2n) is 5.21. The lowest BCUT2D eigenvalue weighted by molar-refractivity contribution is -0.143. The summed E-state index contributed by atoms with van der Waals surface area (Å²) in [6, 6.07) is 0.987. The number of carbonyl (C=O) groups is 2. The van der Waals surface area contributed by atoms with Gasteiger partial charge < -0.3 is 10.0 Å². The number of rotatable bonds is 3. The van der Waals surface area contributed by atoms with E-state index in [-0.39, 0.29) is 11.8 Å². The van der Waals surface area contributed by atoms with Gasteiger partial charge in [0.05, 0.1) is 0 Å². The summed E-state index contributed by atoms with van der Waals surface area (Å²) >= 11 is 0. The number of likely N-dealkylation sites (tertiary alicyclic amines) is 1. The molecule has 1 atom stereocenters. The Balaban J connectivity index is 2.18. The van der Waals surface area contributed by atoms with Crippen LogP contribution in [0.5, 0.6) is 0 Å². The molecule has 0 spiro atoms. The molecule has 1 fully saturated rings. The number of carbonyl (C=O) groups excluding carboxylic acids is 1. The molecular formula is C13H19N3O3. The van der Waals surface area contributed by atoms with Gasteiger partial charge in [-0.25, -0.2) is 4.79 Å². The normalized spacial score (nSPS) is 19.7. The molecule has 2 N–H and O–H groups in total. The van der Waals surface area contributed by atoms with Gasteiger partial charge in [-0.1, -0.05) is 13.8 Å². The number of carboxylic acid groups (broad SMARTS) is 1. The summed E-state index contributed by atoms with van der Waals surface area (Å²) in [5.74, 6) is -0.978. The van der Waals surface area contributed by atoms with Crippen LogP contribution < -0.4 is 0 Å². The van der Waals surface area contributed by atoms with E-state index in [1.165, 1.54) is 4.90 Å². The van der Waals surface area contributed by atoms with Crippen molar-refractivity contribution in [2.24, 2.45) is 0 Å². The van der Waals surface area contributed by atoms with E-state index in [2.05, 4.69) is 10.2 Å². The summed E-state index contributed by atoms with van der Waals surface area (Å²) in [6.45, 7) is 4.49. The molecule has 104 valence electrons. The monoisotopic (exact) mass is 265 g/mol. The maximum Gasteiger partial charge on any atom is 0.326 e. The maximum atomic E-state index is 12.3. The molecule has 1 aliphatic rings. The lowest BCUT2D eigenvalue weighted by atomic mass is 10.0. The molecule has 6 nitrogen and oxygen atoms in total. The van der Waals surface area contributed by atoms with E-state index in [1.807, 2.05) is 13.8 Å². The molecule has 1 amide bonds. The highest BCUT2D eigenvalue weighted by Crippen LogP contribution is 2.20. The number of piperidine rings is 1. The van der Waals surface area contributed by atoms with Crippen LogP contribution in [0.1, 0.15) is 55.2 Å². The van der Waals surface area contributed by atoms with E-state index in [4.69, 9.17) is 0 Å². The minimum Gasteiger partial charge on any atom is -0.480 e. The fraction of sp³-hybridized carbons (Fsp3) is 0.615. The topological polar surface area (TPSA) is 86.3 Å². The number of aromatic amines is 1. The third-order valence-corrected chi connectivity index (χ3v) is 3.49. The van der Waals surface area contributed by atoms with Crippen LogP contribution in [0, 0.1) is 0 Å². The van der Waals surface area contributed by atoms with E-state index in [0.717, 1.165) is 18.5 Å². The van der Waals surface area contributed by atoms with Crippen LogP contribution in [-0.4, -0.2) is 44.7 Å². The van der Waals surface area contributed by atoms with Crippen LogP contribution in [0.3, 0.4) is 0 Å². The van der Waals surface area contributed by atoms with Gasteiger partial charge in [-0.3, -0.25) is 9.89 Å². The number of aliphatic carboxylic acids is 1. The van der Waals surface area contributed by atoms with Crippen molar-refractivity contribution in [3.8, 4) is 0 Å². The van der Waals surface area contributed by atoms with Crippen LogP contribution in [0.15, 0.2) is 6.07 Å². The van der Waals surface area contributed by atoms with Crippen molar-refractivity contribution in [3.63, 3.8) is 0 Å². The lowest BCUT2D eigenvalue weighted by Crippen LogP contribution is -2.48. The Morgan fingerprint density at radius 2 is 2.21 bits per heavy atom. The minimum absolute atomic E-state index is 0.255. The van der Waals surface area contributed by atoms with Crippen LogP contribution >= 0.6 is 0 Å². The molecule has 1 aromatic heterocycles. The van der Waals surface area contributed by atoms with Gasteiger partial charge in [-0.05, 0) is 31.2 Å². The number of hydrogen-bond acceptors (Lipinski definition) is 3. The standard InChI is InChI=1S/C13H19N3O3/c1-8(2)9-7-10(15-14-9)12(17)16-6-4-3-5-11(16)13(18)19/h7-8,11H,3-6H2,1-2H3,(H,14,15)(H,18,19)/t11-/m1/s1. The van der Waals surface area contributed by atoms with Crippen molar-refractivity contribution in [1.82, 2.24) is 15.1 Å². The molecule has 0 saturated carbocycles. The summed E-state index contributed by atoms with van der Waals surface area (Å²) in [6.07, 6.45) is 2.21. The van der Waals surface area contributed by atoms with Crippen molar-refractivity contribution in [2.75, 3.05) is 6.54 Å². The zero-order chi connectivity index (χ0) is 14.0. The molecule has 2 rings (SSSR count). The van der Waals surface area contributed by atoms with Gasteiger partial charge in [0.1, 0.15) is 11.7 Å². The third kappa shape index (κ3) is 2.77. The first-order valence-electron chi connectivity index (χ1n) is 6.59. The average molecular weight is 265 g/mol. The molecule has 0 radical (unpaired) electrons. The van der Waals surface area contributed by atoms with Crippen molar-refractivity contribution < 1.29 is 14.7 Å². The molecule has 19 heavy (non-hydrogen) atoms. The third-order valence-electron chi connectivity index (χ3n) is 3.49. The first-order valence-corrected chi connectivity index (χ1v) is 6.59. The molecule has 1 saturated heterocycles. The van der Waals surface area contributed by atoms with Crippen molar-refractivity contribution >= 4 is 11.9 Å². The predicted octanol–water partition coefficient (Wildman–Crippen LogP) is 1.61. The first-order chi connectivity index (χ1) is 9.00. The summed E-state index contributed by atoms with van der Waals surface area (Å²) in [7, 11) is 0. The molecule has 1 aliphatic heterocycles. The number of carboxylic acids is 1. The van der Waals surface area contributed by atoms with Crippen LogP contribution in [0.25, 0.3) is 0 Å². The highest BCUT2D eigenvalue weighted by Gasteiger charge is 2.33. The summed E-state index contributed by atoms with van der Waals surface area (Å²) in [5, 5.41) is 16.0. The Morgan fingerprint density at radius 3 is 2.79 bits per heavy atom. The zero-order valence-electron chi connectivity index (χ0n) is 11.2. The fourth-order valence-electron chi connectivity index (χ4n) is 2.32. The fourth-order valence-corrected chi connectivity index (χ4v) is 2.32. The van der Waals surface area contributed by atoms with Crippen LogP contribution in [0.2, 0.25) is 0 Å². The Labute approximate surface area is 111 Å². The van der Waals surface area contributed by atoms with E-state index in [0.29, 0.717) is 18.7 Å². The molecule has 6 heteroatoms.